The van der Waals surface area contributed by atoms with Gasteiger partial charge in [0.15, 0.2) is 24.7 Å². The number of hydrogen-bond acceptors (Lipinski definition) is 36. The Balaban J connectivity index is 0.859. The summed E-state index contributed by atoms with van der Waals surface area (Å²) in [6, 6.07) is 11.5. The Morgan fingerprint density at radius 3 is 1.15 bits per heavy atom. The molecule has 0 aliphatic carbocycles. The molecule has 0 unspecified atom stereocenters. The SMILES string of the molecule is C[C@@H]1O[C@@H](OCCNC(=O)CCC(=O)NCCCC[C@H](NC(=O)CCC(=O)NCCO[C@@H]2O[C@@H](C)[C@@H](O)[C@@H](O)[C@@H]2O)C(=O)N[C@@H](CCCCNC(=O)[C@H](COCc2ccc(C(=O)c3ccccc3)cc2)NC(=O)CCC(=O)NCCO[C@@H]2O[C@@H](C)[C@@H](O)[C@@H](O)[C@@H]2O)C(=O)NCCCOCCOCCOCCCNC(=O)CCC(=O)NCCOCCOCCNC(=O)CCCC[C@@H]2SC[C@@H]3NC(=O)N[C@@H]32)[C@@H](O)[C@H](O)[C@@H]1O. The van der Waals surface area contributed by atoms with Crippen molar-refractivity contribution in [2.75, 3.05) is 157 Å². The zero-order valence-electron chi connectivity index (χ0n) is 82.7. The van der Waals surface area contributed by atoms with Crippen molar-refractivity contribution in [3.05, 3.63) is 71.3 Å². The molecule has 5 fully saturated rings. The predicted octanol–water partition coefficient (Wildman–Crippen LogP) is -5.48. The maximum Gasteiger partial charge on any atom is 0.315 e. The van der Waals surface area contributed by atoms with Gasteiger partial charge in [0.2, 0.25) is 70.9 Å². The van der Waals surface area contributed by atoms with E-state index in [9.17, 15) is 113 Å². The van der Waals surface area contributed by atoms with Crippen LogP contribution in [0.15, 0.2) is 54.6 Å². The number of aliphatic hydroxyl groups is 9. The number of carbonyl (C=O) groups is 14. The van der Waals surface area contributed by atoms with Gasteiger partial charge in [-0.25, -0.2) is 4.79 Å². The number of ether oxygens (including phenoxy) is 12. The van der Waals surface area contributed by atoms with Crippen LogP contribution in [0.1, 0.15) is 171 Å². The van der Waals surface area contributed by atoms with Gasteiger partial charge in [-0.1, -0.05) is 61.0 Å². The van der Waals surface area contributed by atoms with E-state index in [0.717, 1.165) is 25.0 Å². The number of fused-ring (bicyclic) bond motifs is 1. The molecule has 14 amide bonds. The lowest BCUT2D eigenvalue weighted by molar-refractivity contribution is -0.292. The number of carbonyl (C=O) groups excluding carboxylic acids is 14. The van der Waals surface area contributed by atoms with Gasteiger partial charge in [-0.05, 0) is 90.5 Å². The fourth-order valence-corrected chi connectivity index (χ4v) is 17.0. The molecule has 5 aliphatic heterocycles. The first-order valence-corrected chi connectivity index (χ1v) is 50.9. The first-order valence-electron chi connectivity index (χ1n) is 49.9. The molecule has 0 bridgehead atoms. The van der Waals surface area contributed by atoms with Gasteiger partial charge >= 0.3 is 6.03 Å². The first-order chi connectivity index (χ1) is 69.8. The van der Waals surface area contributed by atoms with Crippen LogP contribution in [-0.2, 0) is 121 Å². The summed E-state index contributed by atoms with van der Waals surface area (Å²) in [5.74, 6) is -5.77. The number of nitrogens with one attached hydrogen (secondary N) is 14. The van der Waals surface area contributed by atoms with Crippen LogP contribution in [0, 0.1) is 0 Å². The Labute approximate surface area is 846 Å². The molecule has 5 aliphatic rings. The molecule has 50 heteroatoms. The van der Waals surface area contributed by atoms with Gasteiger partial charge in [-0.15, -0.1) is 0 Å². The fraction of sp³-hybridized carbons (Fsp3) is 0.726. The molecule has 0 saturated carbocycles. The molecular weight excluding hydrogens is 1930 g/mol. The summed E-state index contributed by atoms with van der Waals surface area (Å²) in [6.07, 6.45) is -17.5. The van der Waals surface area contributed by atoms with Crippen molar-refractivity contribution in [2.24, 2.45) is 0 Å². The van der Waals surface area contributed by atoms with Crippen molar-refractivity contribution < 1.29 is 170 Å². The zero-order chi connectivity index (χ0) is 105. The zero-order valence-corrected chi connectivity index (χ0v) is 83.5. The Hall–Kier alpha value is -9.47. The van der Waals surface area contributed by atoms with Gasteiger partial charge in [-0.3, -0.25) is 62.3 Å². The molecule has 2 aromatic rings. The first kappa shape index (κ1) is 122. The Kier molecular flexibility index (Phi) is 58.9. The Morgan fingerprint density at radius 1 is 0.345 bits per heavy atom. The van der Waals surface area contributed by atoms with Gasteiger partial charge in [0, 0.05) is 152 Å². The van der Waals surface area contributed by atoms with Crippen molar-refractivity contribution in [3.63, 3.8) is 0 Å². The monoisotopic (exact) mass is 2080 g/mol. The molecular formula is C95H152N14O35S. The number of amides is 14. The van der Waals surface area contributed by atoms with E-state index in [2.05, 4.69) is 74.4 Å². The minimum Gasteiger partial charge on any atom is -0.388 e. The maximum atomic E-state index is 14.6. The van der Waals surface area contributed by atoms with Crippen molar-refractivity contribution in [1.29, 1.82) is 0 Å². The number of urea groups is 1. The number of rotatable bonds is 74. The number of benzene rings is 2. The maximum absolute atomic E-state index is 14.6. The largest absolute Gasteiger partial charge is 0.388 e. The van der Waals surface area contributed by atoms with E-state index in [-0.39, 0.29) is 237 Å². The summed E-state index contributed by atoms with van der Waals surface area (Å²) in [6.45, 7) is 6.69. The lowest BCUT2D eigenvalue weighted by Crippen LogP contribution is -2.57. The molecule has 0 radical (unpaired) electrons. The minimum atomic E-state index is -1.60. The quantitative estimate of drug-likeness (QED) is 0.0167. The lowest BCUT2D eigenvalue weighted by atomic mass is 10.0. The molecule has 23 N–H and O–H groups in total. The van der Waals surface area contributed by atoms with E-state index in [0.29, 0.717) is 80.7 Å². The van der Waals surface area contributed by atoms with Crippen LogP contribution in [0.2, 0.25) is 0 Å². The topological polar surface area (TPSA) is 700 Å². The molecule has 2 aromatic carbocycles. The summed E-state index contributed by atoms with van der Waals surface area (Å²) >= 11 is 1.85. The predicted molar refractivity (Wildman–Crippen MR) is 516 cm³/mol. The van der Waals surface area contributed by atoms with Crippen LogP contribution in [0.25, 0.3) is 0 Å². The van der Waals surface area contributed by atoms with E-state index in [4.69, 9.17) is 56.8 Å². The third kappa shape index (κ3) is 47.7. The molecule has 7 rings (SSSR count). The van der Waals surface area contributed by atoms with Crippen LogP contribution >= 0.6 is 11.8 Å². The molecule has 0 spiro atoms. The van der Waals surface area contributed by atoms with E-state index in [1.54, 1.807) is 54.6 Å². The minimum absolute atomic E-state index is 0.00890. The van der Waals surface area contributed by atoms with Gasteiger partial charge in [0.25, 0.3) is 0 Å². The Morgan fingerprint density at radius 2 is 0.703 bits per heavy atom. The van der Waals surface area contributed by atoms with Crippen molar-refractivity contribution in [3.8, 4) is 0 Å². The number of unbranched alkanes of at least 4 members (excludes halogenated alkanes) is 3. The summed E-state index contributed by atoms with van der Waals surface area (Å²) in [5, 5.41) is 130. The second-order valence-corrected chi connectivity index (χ2v) is 36.8. The molecule has 818 valence electrons. The van der Waals surface area contributed by atoms with E-state index in [1.165, 1.54) is 20.8 Å². The van der Waals surface area contributed by atoms with Gasteiger partial charge in [-0.2, -0.15) is 11.8 Å². The highest BCUT2D eigenvalue weighted by Gasteiger charge is 2.46. The molecule has 145 heavy (non-hydrogen) atoms. The van der Waals surface area contributed by atoms with Gasteiger partial charge in [0.05, 0.1) is 116 Å². The smallest absolute Gasteiger partial charge is 0.315 e. The number of thioether (sulfide) groups is 1. The molecule has 21 atom stereocenters. The van der Waals surface area contributed by atoms with Crippen molar-refractivity contribution >= 4 is 94.5 Å². The standard InChI is InChI=1S/C95H152N14O35S/c1-58-79(119)83(123)86(126)92(142-58)139-46-39-100-73(114)28-25-70(111)96-33-11-9-18-65(105-76(117)31-29-74(115)101-40-47-140-93-87(127)84(124)80(120)59(2)143-93)91(131)107-64(17-10-12-34-103-90(130)66(56-138-55-61-21-23-63(24-22-61)82(122)62-15-5-4-6-16-62)106-77(118)32-30-75(116)102-41-48-141-94-88(128)85(125)81(121)60(3)144-94)89(129)104-36-14-43-134-50-54-137-53-49-133-42-13-35-97-71(112)26-27-72(113)99-38-45-136-52-51-135-44-37-98-69(110)20-8-7-19-68-78-67(57-145-68)108-95(132)109-78/h4-6,15-16,21-24,58-60,64-68,78-81,83-88,92-94,119-121,123-128H,7-14,17-20,25-57H2,1-3H3,(H,96,111)(H,97,112)(H,98,110)(H,99,113)(H,100,114)(H,101,115)(H,102,116)(H,103,130)(H,104,129)(H,105,117)(H,106,118)(H,107,131)(H2,108,109,132)/t58-,59-,60-,64-,65-,66-,67-,68-,78-,79+,80+,81+,83+,84+,85+,86-,87-,88-,92+,93+,94+/m0/s1. The van der Waals surface area contributed by atoms with Crippen LogP contribution < -0.4 is 74.4 Å². The number of aliphatic hydroxyl groups excluding tert-OH is 9. The average molecular weight is 2080 g/mol. The summed E-state index contributed by atoms with van der Waals surface area (Å²) in [7, 11) is 0. The highest BCUT2D eigenvalue weighted by atomic mass is 32.2. The van der Waals surface area contributed by atoms with Crippen LogP contribution in [-0.4, -0.2) is 413 Å². The summed E-state index contributed by atoms with van der Waals surface area (Å²) in [4.78, 5) is 184. The summed E-state index contributed by atoms with van der Waals surface area (Å²) < 4.78 is 66.7. The highest BCUT2D eigenvalue weighted by Crippen LogP contribution is 2.34. The molecule has 5 saturated heterocycles. The van der Waals surface area contributed by atoms with E-state index in [1.807, 2.05) is 11.8 Å². The third-order valence-electron chi connectivity index (χ3n) is 23.9. The molecule has 5 heterocycles. The van der Waals surface area contributed by atoms with Crippen LogP contribution in [0.3, 0.4) is 0 Å². The summed E-state index contributed by atoms with van der Waals surface area (Å²) in [5.41, 5.74) is 1.51. The average Bonchev–Trinajstić information content (AvgIpc) is 1.68. The third-order valence-corrected chi connectivity index (χ3v) is 25.5. The molecule has 49 nitrogen and oxygen atoms in total. The fourth-order valence-electron chi connectivity index (χ4n) is 15.5. The van der Waals surface area contributed by atoms with Gasteiger partial charge < -0.3 is 177 Å². The van der Waals surface area contributed by atoms with Gasteiger partial charge in [0.1, 0.15) is 73.1 Å². The number of hydrogen-bond donors (Lipinski definition) is 23. The highest BCUT2D eigenvalue weighted by molar-refractivity contribution is 8.00. The second kappa shape index (κ2) is 69.7. The van der Waals surface area contributed by atoms with E-state index >= 15 is 0 Å². The molecule has 0 aromatic heterocycles. The lowest BCUT2D eigenvalue weighted by Gasteiger charge is -2.38. The van der Waals surface area contributed by atoms with Crippen molar-refractivity contribution in [1.82, 2.24) is 74.4 Å². The van der Waals surface area contributed by atoms with Crippen LogP contribution in [0.5, 0.6) is 0 Å². The van der Waals surface area contributed by atoms with E-state index < -0.39 is 176 Å². The normalized spacial score (nSPS) is 23.8. The van der Waals surface area contributed by atoms with Crippen LogP contribution in [0.4, 0.5) is 4.79 Å². The second-order valence-electron chi connectivity index (χ2n) is 35.5. The van der Waals surface area contributed by atoms with Crippen molar-refractivity contribution in [2.45, 2.75) is 283 Å². The number of ketones is 1. The Bertz CT molecular complexity index is 4230.